The van der Waals surface area contributed by atoms with Gasteiger partial charge < -0.3 is 5.32 Å². The molecule has 0 spiro atoms. The normalized spacial score (nSPS) is 10.6. The van der Waals surface area contributed by atoms with Gasteiger partial charge in [0.1, 0.15) is 0 Å². The Labute approximate surface area is 147 Å². The summed E-state index contributed by atoms with van der Waals surface area (Å²) >= 11 is 13.6. The highest BCUT2D eigenvalue weighted by atomic mass is 35.5. The molecule has 0 unspecified atom stereocenters. The van der Waals surface area contributed by atoms with Gasteiger partial charge in [0.25, 0.3) is 5.91 Å². The molecule has 2 aromatic carbocycles. The lowest BCUT2D eigenvalue weighted by Crippen LogP contribution is -2.12. The van der Waals surface area contributed by atoms with E-state index in [1.165, 1.54) is 0 Å². The van der Waals surface area contributed by atoms with Crippen LogP contribution in [0.15, 0.2) is 47.8 Å². The topological polar surface area (TPSA) is 42.0 Å². The molecule has 0 aliphatic carbocycles. The number of nitrogens with one attached hydrogen (secondary N) is 1. The summed E-state index contributed by atoms with van der Waals surface area (Å²) in [6.07, 6.45) is 0. The molecule has 0 aliphatic heterocycles. The summed E-state index contributed by atoms with van der Waals surface area (Å²) in [5.74, 6) is -0.297. The quantitative estimate of drug-likeness (QED) is 0.651. The van der Waals surface area contributed by atoms with E-state index in [1.807, 2.05) is 36.6 Å². The number of carbonyl (C=O) groups is 1. The number of amides is 1. The molecule has 23 heavy (non-hydrogen) atoms. The van der Waals surface area contributed by atoms with Crippen molar-refractivity contribution >= 4 is 46.1 Å². The van der Waals surface area contributed by atoms with Crippen molar-refractivity contribution in [2.45, 2.75) is 6.92 Å². The largest absolute Gasteiger partial charge is 0.322 e. The lowest BCUT2D eigenvalue weighted by molar-refractivity contribution is 0.102. The smallest absolute Gasteiger partial charge is 0.257 e. The van der Waals surface area contributed by atoms with Gasteiger partial charge in [0.2, 0.25) is 0 Å². The van der Waals surface area contributed by atoms with E-state index in [0.29, 0.717) is 16.3 Å². The second kappa shape index (κ2) is 6.71. The van der Waals surface area contributed by atoms with Crippen LogP contribution in [0.25, 0.3) is 11.3 Å². The zero-order valence-corrected chi connectivity index (χ0v) is 14.5. The van der Waals surface area contributed by atoms with E-state index >= 15 is 0 Å². The number of hydrogen-bond acceptors (Lipinski definition) is 3. The zero-order valence-electron chi connectivity index (χ0n) is 12.1. The van der Waals surface area contributed by atoms with E-state index in [0.717, 1.165) is 16.3 Å². The Morgan fingerprint density at radius 3 is 2.52 bits per heavy atom. The number of anilines is 1. The Bertz CT molecular complexity index is 859. The highest BCUT2D eigenvalue weighted by Gasteiger charge is 2.13. The third kappa shape index (κ3) is 3.55. The lowest BCUT2D eigenvalue weighted by atomic mass is 10.1. The van der Waals surface area contributed by atoms with Gasteiger partial charge in [0.15, 0.2) is 0 Å². The fourth-order valence-electron chi connectivity index (χ4n) is 2.10. The number of nitrogens with zero attached hydrogens (tertiary/aromatic N) is 1. The van der Waals surface area contributed by atoms with Crippen molar-refractivity contribution in [2.24, 2.45) is 0 Å². The van der Waals surface area contributed by atoms with Crippen molar-refractivity contribution < 1.29 is 4.79 Å². The molecule has 1 amide bonds. The summed E-state index contributed by atoms with van der Waals surface area (Å²) in [6.45, 7) is 1.97. The highest BCUT2D eigenvalue weighted by molar-refractivity contribution is 7.09. The molecule has 0 saturated carbocycles. The predicted molar refractivity (Wildman–Crippen MR) is 96.7 cm³/mol. The fraction of sp³-hybridized carbons (Fsp3) is 0.0588. The number of aryl methyl sites for hydroxylation is 1. The van der Waals surface area contributed by atoms with Crippen molar-refractivity contribution in [1.82, 2.24) is 4.98 Å². The average molecular weight is 363 g/mol. The summed E-state index contributed by atoms with van der Waals surface area (Å²) in [6, 6.07) is 12.5. The number of rotatable bonds is 3. The second-order valence-corrected chi connectivity index (χ2v) is 6.73. The van der Waals surface area contributed by atoms with Crippen LogP contribution in [0, 0.1) is 6.92 Å². The lowest BCUT2D eigenvalue weighted by Gasteiger charge is -2.08. The molecule has 3 aromatic rings. The number of halogens is 2. The molecule has 0 fully saturated rings. The third-order valence-electron chi connectivity index (χ3n) is 3.25. The molecule has 3 rings (SSSR count). The van der Waals surface area contributed by atoms with Crippen molar-refractivity contribution in [2.75, 3.05) is 5.32 Å². The van der Waals surface area contributed by atoms with E-state index in [9.17, 15) is 4.79 Å². The molecular weight excluding hydrogens is 351 g/mol. The summed E-state index contributed by atoms with van der Waals surface area (Å²) in [5, 5.41) is 6.45. The molecule has 1 aromatic heterocycles. The second-order valence-electron chi connectivity index (χ2n) is 4.88. The molecule has 0 aliphatic rings. The van der Waals surface area contributed by atoms with Crippen molar-refractivity contribution in [1.29, 1.82) is 0 Å². The van der Waals surface area contributed by atoms with E-state index in [4.69, 9.17) is 23.2 Å². The summed E-state index contributed by atoms with van der Waals surface area (Å²) < 4.78 is 0. The van der Waals surface area contributed by atoms with E-state index < -0.39 is 0 Å². The van der Waals surface area contributed by atoms with Crippen LogP contribution < -0.4 is 5.32 Å². The van der Waals surface area contributed by atoms with Crippen molar-refractivity contribution in [3.8, 4) is 11.3 Å². The molecule has 0 atom stereocenters. The van der Waals surface area contributed by atoms with Gasteiger partial charge >= 0.3 is 0 Å². The summed E-state index contributed by atoms with van der Waals surface area (Å²) in [4.78, 5) is 16.7. The Hall–Kier alpha value is -1.88. The van der Waals surface area contributed by atoms with Gasteiger partial charge in [-0.3, -0.25) is 4.79 Å². The van der Waals surface area contributed by atoms with Crippen LogP contribution in [0.3, 0.4) is 0 Å². The van der Waals surface area contributed by atoms with Gasteiger partial charge in [-0.2, -0.15) is 0 Å². The first-order valence-electron chi connectivity index (χ1n) is 6.82. The maximum atomic E-state index is 12.3. The SMILES string of the molecule is Cc1nc(-c2ccc(NC(=O)c3cccc(Cl)c3Cl)cc2)cs1. The molecule has 1 N–H and O–H groups in total. The average Bonchev–Trinajstić information content (AvgIpc) is 2.97. The number of hydrogen-bond donors (Lipinski definition) is 1. The molecule has 0 saturated heterocycles. The van der Waals surface area contributed by atoms with Crippen LogP contribution in [0.4, 0.5) is 5.69 Å². The Balaban J connectivity index is 1.78. The van der Waals surface area contributed by atoms with Crippen LogP contribution in [0.2, 0.25) is 10.0 Å². The summed E-state index contributed by atoms with van der Waals surface area (Å²) in [7, 11) is 0. The Kier molecular flexibility index (Phi) is 4.66. The first-order valence-corrected chi connectivity index (χ1v) is 8.46. The minimum atomic E-state index is -0.297. The molecule has 116 valence electrons. The maximum absolute atomic E-state index is 12.3. The van der Waals surface area contributed by atoms with Gasteiger partial charge in [-0.05, 0) is 31.2 Å². The van der Waals surface area contributed by atoms with Gasteiger partial charge in [-0.25, -0.2) is 4.98 Å². The number of aromatic nitrogens is 1. The first-order chi connectivity index (χ1) is 11.0. The van der Waals surface area contributed by atoms with Crippen LogP contribution in [-0.4, -0.2) is 10.9 Å². The van der Waals surface area contributed by atoms with Gasteiger partial charge in [-0.15, -0.1) is 11.3 Å². The minimum absolute atomic E-state index is 0.251. The van der Waals surface area contributed by atoms with Crippen LogP contribution in [0.1, 0.15) is 15.4 Å². The van der Waals surface area contributed by atoms with Crippen molar-refractivity contribution in [3.05, 3.63) is 68.5 Å². The Morgan fingerprint density at radius 2 is 1.87 bits per heavy atom. The van der Waals surface area contributed by atoms with Crippen LogP contribution >= 0.6 is 34.5 Å². The first kappa shape index (κ1) is 16.0. The van der Waals surface area contributed by atoms with Crippen LogP contribution in [0.5, 0.6) is 0 Å². The standard InChI is InChI=1S/C17H12Cl2N2OS/c1-10-20-15(9-23-10)11-5-7-12(8-6-11)21-17(22)13-3-2-4-14(18)16(13)19/h2-9H,1H3,(H,21,22). The number of benzene rings is 2. The van der Waals surface area contributed by atoms with Crippen molar-refractivity contribution in [3.63, 3.8) is 0 Å². The summed E-state index contributed by atoms with van der Waals surface area (Å²) in [5.41, 5.74) is 2.97. The van der Waals surface area contributed by atoms with E-state index in [1.54, 1.807) is 29.5 Å². The van der Waals surface area contributed by atoms with Gasteiger partial charge in [0, 0.05) is 16.6 Å². The van der Waals surface area contributed by atoms with Gasteiger partial charge in [0.05, 0.1) is 26.3 Å². The van der Waals surface area contributed by atoms with Gasteiger partial charge in [-0.1, -0.05) is 41.4 Å². The van der Waals surface area contributed by atoms with E-state index in [-0.39, 0.29) is 10.9 Å². The molecule has 1 heterocycles. The van der Waals surface area contributed by atoms with E-state index in [2.05, 4.69) is 10.3 Å². The fourth-order valence-corrected chi connectivity index (χ4v) is 3.11. The molecular formula is C17H12Cl2N2OS. The number of thiazole rings is 1. The predicted octanol–water partition coefficient (Wildman–Crippen LogP) is 5.68. The molecule has 0 bridgehead atoms. The van der Waals surface area contributed by atoms with Crippen LogP contribution in [-0.2, 0) is 0 Å². The molecule has 6 heteroatoms. The monoisotopic (exact) mass is 362 g/mol. The maximum Gasteiger partial charge on any atom is 0.257 e. The third-order valence-corrected chi connectivity index (χ3v) is 4.85. The molecule has 0 radical (unpaired) electrons. The molecule has 3 nitrogen and oxygen atoms in total. The highest BCUT2D eigenvalue weighted by Crippen LogP contribution is 2.27. The number of carbonyl (C=O) groups excluding carboxylic acids is 1. The minimum Gasteiger partial charge on any atom is -0.322 e. The Morgan fingerprint density at radius 1 is 1.13 bits per heavy atom. The zero-order chi connectivity index (χ0) is 16.4.